The van der Waals surface area contributed by atoms with Gasteiger partial charge in [0.15, 0.2) is 11.3 Å². The Hall–Kier alpha value is -2.96. The molecule has 0 aliphatic heterocycles. The van der Waals surface area contributed by atoms with E-state index in [2.05, 4.69) is 0 Å². The van der Waals surface area contributed by atoms with Crippen LogP contribution in [-0.2, 0) is 0 Å². The molecule has 0 unspecified atom stereocenters. The Kier molecular flexibility index (Phi) is 4.72. The van der Waals surface area contributed by atoms with Gasteiger partial charge in [0.05, 0.1) is 21.7 Å². The van der Waals surface area contributed by atoms with Crippen molar-refractivity contribution < 1.29 is 0 Å². The molecule has 0 aliphatic rings. The average molecular weight is 452 g/mol. The van der Waals surface area contributed by atoms with Crippen LogP contribution in [0.3, 0.4) is 0 Å². The maximum absolute atomic E-state index is 13.7. The summed E-state index contributed by atoms with van der Waals surface area (Å²) in [6.45, 7) is 5.89. The molecular formula is C23H19Cl2N5O. The highest BCUT2D eigenvalue weighted by Crippen LogP contribution is 2.33. The first-order chi connectivity index (χ1) is 14.9. The zero-order valence-corrected chi connectivity index (χ0v) is 18.7. The average Bonchev–Trinajstić information content (AvgIpc) is 3.06. The summed E-state index contributed by atoms with van der Waals surface area (Å²) in [6.07, 6.45) is 0.807. The fourth-order valence-corrected chi connectivity index (χ4v) is 4.37. The van der Waals surface area contributed by atoms with Gasteiger partial charge in [-0.25, -0.2) is 15.0 Å². The molecule has 3 heterocycles. The van der Waals surface area contributed by atoms with Crippen LogP contribution in [0, 0.1) is 6.92 Å². The summed E-state index contributed by atoms with van der Waals surface area (Å²) in [5.41, 5.74) is 3.38. The minimum absolute atomic E-state index is 0.00553. The van der Waals surface area contributed by atoms with Gasteiger partial charge in [-0.15, -0.1) is 0 Å². The van der Waals surface area contributed by atoms with Crippen molar-refractivity contribution in [3.63, 3.8) is 0 Å². The molecule has 0 fully saturated rings. The highest BCUT2D eigenvalue weighted by atomic mass is 35.5. The van der Waals surface area contributed by atoms with Gasteiger partial charge in [-0.3, -0.25) is 13.9 Å². The largest absolute Gasteiger partial charge is 0.293 e. The quantitative estimate of drug-likeness (QED) is 0.344. The summed E-state index contributed by atoms with van der Waals surface area (Å²) in [5.74, 6) is 0.624. The third-order valence-electron chi connectivity index (χ3n) is 5.67. The van der Waals surface area contributed by atoms with Crippen molar-refractivity contribution in [1.29, 1.82) is 0 Å². The van der Waals surface area contributed by atoms with Gasteiger partial charge in [0.2, 0.25) is 0 Å². The molecule has 5 aromatic rings. The third-order valence-corrected chi connectivity index (χ3v) is 6.22. The number of benzene rings is 2. The molecule has 0 aliphatic carbocycles. The smallest absolute Gasteiger partial charge is 0.265 e. The Bertz CT molecular complexity index is 1550. The van der Waals surface area contributed by atoms with Crippen LogP contribution in [0.4, 0.5) is 0 Å². The second kappa shape index (κ2) is 7.32. The molecule has 1 atom stereocenters. The van der Waals surface area contributed by atoms with E-state index in [0.29, 0.717) is 49.3 Å². The first-order valence-electron chi connectivity index (χ1n) is 10.1. The zero-order valence-electron chi connectivity index (χ0n) is 17.2. The van der Waals surface area contributed by atoms with E-state index in [4.69, 9.17) is 38.2 Å². The van der Waals surface area contributed by atoms with E-state index in [0.717, 1.165) is 11.9 Å². The van der Waals surface area contributed by atoms with E-state index in [1.54, 1.807) is 27.3 Å². The van der Waals surface area contributed by atoms with Gasteiger partial charge < -0.3 is 0 Å². The monoisotopic (exact) mass is 451 g/mol. The number of hydrogen-bond donors (Lipinski definition) is 0. The molecule has 5 rings (SSSR count). The molecule has 0 saturated heterocycles. The van der Waals surface area contributed by atoms with Gasteiger partial charge in [0, 0.05) is 11.1 Å². The Morgan fingerprint density at radius 2 is 1.71 bits per heavy atom. The van der Waals surface area contributed by atoms with Crippen molar-refractivity contribution in [2.45, 2.75) is 33.2 Å². The Morgan fingerprint density at radius 1 is 1.00 bits per heavy atom. The first kappa shape index (κ1) is 20.0. The second-order valence-electron chi connectivity index (χ2n) is 7.61. The van der Waals surface area contributed by atoms with Crippen LogP contribution < -0.4 is 5.56 Å². The first-order valence-corrected chi connectivity index (χ1v) is 10.8. The number of halogens is 2. The Balaban J connectivity index is 2.05. The van der Waals surface area contributed by atoms with Gasteiger partial charge in [-0.1, -0.05) is 42.3 Å². The topological polar surface area (TPSA) is 65.6 Å². The Morgan fingerprint density at radius 3 is 2.42 bits per heavy atom. The van der Waals surface area contributed by atoms with Crippen LogP contribution in [0.25, 0.3) is 38.9 Å². The number of para-hydroxylation sites is 2. The summed E-state index contributed by atoms with van der Waals surface area (Å²) in [4.78, 5) is 28.1. The molecule has 2 aromatic carbocycles. The lowest BCUT2D eigenvalue weighted by Gasteiger charge is -2.16. The van der Waals surface area contributed by atoms with Crippen molar-refractivity contribution in [3.05, 3.63) is 68.7 Å². The maximum atomic E-state index is 13.7. The van der Waals surface area contributed by atoms with E-state index >= 15 is 0 Å². The van der Waals surface area contributed by atoms with E-state index in [1.165, 1.54) is 0 Å². The number of fused-ring (bicyclic) bond motifs is 4. The molecule has 0 saturated carbocycles. The van der Waals surface area contributed by atoms with E-state index < -0.39 is 0 Å². The van der Waals surface area contributed by atoms with Gasteiger partial charge in [-0.2, -0.15) is 0 Å². The number of rotatable bonds is 3. The number of aromatic nitrogens is 5. The number of aryl methyl sites for hydroxylation is 1. The van der Waals surface area contributed by atoms with Crippen LogP contribution in [0.5, 0.6) is 0 Å². The predicted molar refractivity (Wildman–Crippen MR) is 126 cm³/mol. The van der Waals surface area contributed by atoms with Gasteiger partial charge >= 0.3 is 0 Å². The highest BCUT2D eigenvalue weighted by Gasteiger charge is 2.24. The lowest BCUT2D eigenvalue weighted by molar-refractivity contribution is 0.497. The summed E-state index contributed by atoms with van der Waals surface area (Å²) in [7, 11) is 0. The fraction of sp³-hybridized carbons (Fsp3) is 0.217. The molecule has 0 bridgehead atoms. The minimum atomic E-state index is -0.136. The van der Waals surface area contributed by atoms with E-state index in [1.807, 2.05) is 45.0 Å². The van der Waals surface area contributed by atoms with Crippen LogP contribution >= 0.6 is 23.2 Å². The second-order valence-corrected chi connectivity index (χ2v) is 8.45. The van der Waals surface area contributed by atoms with Crippen LogP contribution in [0.2, 0.25) is 10.0 Å². The minimum Gasteiger partial charge on any atom is -0.293 e. The van der Waals surface area contributed by atoms with Crippen LogP contribution in [0.15, 0.2) is 47.3 Å². The lowest BCUT2D eigenvalue weighted by Crippen LogP contribution is -2.26. The number of hydrogen-bond acceptors (Lipinski definition) is 4. The van der Waals surface area contributed by atoms with Gasteiger partial charge in [-0.05, 0) is 50.6 Å². The molecule has 0 N–H and O–H groups in total. The van der Waals surface area contributed by atoms with Gasteiger partial charge in [0.1, 0.15) is 16.7 Å². The molecule has 0 radical (unpaired) electrons. The Labute approximate surface area is 188 Å². The molecule has 8 heteroatoms. The van der Waals surface area contributed by atoms with Crippen molar-refractivity contribution in [3.8, 4) is 5.69 Å². The van der Waals surface area contributed by atoms with Crippen LogP contribution in [-0.4, -0.2) is 24.1 Å². The van der Waals surface area contributed by atoms with Crippen molar-refractivity contribution in [2.24, 2.45) is 0 Å². The third kappa shape index (κ3) is 3.01. The lowest BCUT2D eigenvalue weighted by atomic mass is 10.2. The standard InChI is InChI=1S/C23H19Cl2N5O/c1-4-12(2)29-13(3)26-21-19(23(29)31)20-22(28-17-8-6-5-7-16(17)27-20)30(21)18-11-14(24)9-10-15(18)25/h5-12H,4H2,1-3H3/t12-/m0/s1. The van der Waals surface area contributed by atoms with E-state index in [-0.39, 0.29) is 11.6 Å². The van der Waals surface area contributed by atoms with Gasteiger partial charge in [0.25, 0.3) is 5.56 Å². The molecule has 3 aromatic heterocycles. The SMILES string of the molecule is CC[C@H](C)n1c(C)nc2c(c1=O)c1nc3ccccc3nc1n2-c1cc(Cl)ccc1Cl. The van der Waals surface area contributed by atoms with E-state index in [9.17, 15) is 4.79 Å². The fourth-order valence-electron chi connectivity index (χ4n) is 4.00. The molecule has 0 spiro atoms. The van der Waals surface area contributed by atoms with Crippen LogP contribution in [0.1, 0.15) is 32.1 Å². The summed E-state index contributed by atoms with van der Waals surface area (Å²) >= 11 is 12.8. The molecule has 156 valence electrons. The number of nitrogens with zero attached hydrogens (tertiary/aromatic N) is 5. The molecule has 6 nitrogen and oxygen atoms in total. The van der Waals surface area contributed by atoms with Crippen molar-refractivity contribution in [2.75, 3.05) is 0 Å². The molecule has 0 amide bonds. The predicted octanol–water partition coefficient (Wildman–Crippen LogP) is 5.87. The molecule has 31 heavy (non-hydrogen) atoms. The zero-order chi connectivity index (χ0) is 21.9. The normalized spacial score (nSPS) is 12.8. The summed E-state index contributed by atoms with van der Waals surface area (Å²) < 4.78 is 3.51. The van der Waals surface area contributed by atoms with Crippen molar-refractivity contribution in [1.82, 2.24) is 24.1 Å². The maximum Gasteiger partial charge on any atom is 0.265 e. The van der Waals surface area contributed by atoms with Crippen molar-refractivity contribution >= 4 is 56.4 Å². The summed E-state index contributed by atoms with van der Waals surface area (Å²) in [6, 6.07) is 12.8. The highest BCUT2D eigenvalue weighted by molar-refractivity contribution is 6.34. The summed E-state index contributed by atoms with van der Waals surface area (Å²) in [5, 5.41) is 1.42. The molecular weight excluding hydrogens is 433 g/mol.